The van der Waals surface area contributed by atoms with Gasteiger partial charge in [-0.1, -0.05) is 11.6 Å². The molecular formula is C10H10ClN3OS. The highest BCUT2D eigenvalue weighted by Crippen LogP contribution is 2.18. The molecule has 2 rings (SSSR count). The monoisotopic (exact) mass is 255 g/mol. The molecule has 0 radical (unpaired) electrons. The number of H-pyrrole nitrogens is 1. The Balaban J connectivity index is 2.56. The molecule has 0 unspecified atom stereocenters. The lowest BCUT2D eigenvalue weighted by molar-refractivity contribution is -0.121. The van der Waals surface area contributed by atoms with Crippen molar-refractivity contribution in [3.05, 3.63) is 28.0 Å². The van der Waals surface area contributed by atoms with Gasteiger partial charge in [0.15, 0.2) is 4.77 Å². The minimum absolute atomic E-state index is 0.0908. The number of amides is 1. The molecule has 0 aliphatic rings. The van der Waals surface area contributed by atoms with Gasteiger partial charge in [0.05, 0.1) is 11.0 Å². The van der Waals surface area contributed by atoms with E-state index in [1.807, 2.05) is 6.07 Å². The summed E-state index contributed by atoms with van der Waals surface area (Å²) in [7, 11) is 1.59. The SMILES string of the molecule is CNC(=O)Cn1c(=S)[nH]c2cc(Cl)ccc21. The summed E-state index contributed by atoms with van der Waals surface area (Å²) in [6.07, 6.45) is 0. The van der Waals surface area contributed by atoms with E-state index in [-0.39, 0.29) is 12.5 Å². The van der Waals surface area contributed by atoms with Gasteiger partial charge in [0.1, 0.15) is 6.54 Å². The van der Waals surface area contributed by atoms with Crippen LogP contribution in [0.2, 0.25) is 5.02 Å². The van der Waals surface area contributed by atoms with Crippen LogP contribution in [0.1, 0.15) is 0 Å². The number of carbonyl (C=O) groups excluding carboxylic acids is 1. The molecule has 2 N–H and O–H groups in total. The van der Waals surface area contributed by atoms with Crippen molar-refractivity contribution in [3.63, 3.8) is 0 Å². The van der Waals surface area contributed by atoms with E-state index in [0.717, 1.165) is 11.0 Å². The number of fused-ring (bicyclic) bond motifs is 1. The number of nitrogens with one attached hydrogen (secondary N) is 2. The number of hydrogen-bond donors (Lipinski definition) is 2. The number of halogens is 1. The van der Waals surface area contributed by atoms with E-state index in [1.54, 1.807) is 23.7 Å². The number of hydrogen-bond acceptors (Lipinski definition) is 2. The quantitative estimate of drug-likeness (QED) is 0.808. The maximum absolute atomic E-state index is 11.3. The molecule has 1 aromatic heterocycles. The number of aromatic amines is 1. The van der Waals surface area contributed by atoms with Crippen molar-refractivity contribution in [2.75, 3.05) is 7.05 Å². The minimum atomic E-state index is -0.0908. The normalized spacial score (nSPS) is 10.6. The van der Waals surface area contributed by atoms with Crippen LogP contribution >= 0.6 is 23.8 Å². The van der Waals surface area contributed by atoms with Gasteiger partial charge >= 0.3 is 0 Å². The highest BCUT2D eigenvalue weighted by molar-refractivity contribution is 7.71. The van der Waals surface area contributed by atoms with E-state index >= 15 is 0 Å². The Kier molecular flexibility index (Phi) is 2.98. The third kappa shape index (κ3) is 1.96. The molecule has 84 valence electrons. The third-order valence-electron chi connectivity index (χ3n) is 2.32. The van der Waals surface area contributed by atoms with Gasteiger partial charge in [-0.25, -0.2) is 0 Å². The molecule has 1 amide bonds. The second kappa shape index (κ2) is 4.27. The molecule has 1 aromatic carbocycles. The maximum atomic E-state index is 11.3. The molecule has 4 nitrogen and oxygen atoms in total. The largest absolute Gasteiger partial charge is 0.358 e. The van der Waals surface area contributed by atoms with Gasteiger partial charge in [-0.15, -0.1) is 0 Å². The Morgan fingerprint density at radius 2 is 2.38 bits per heavy atom. The molecule has 1 heterocycles. The summed E-state index contributed by atoms with van der Waals surface area (Å²) in [5.41, 5.74) is 1.71. The zero-order valence-corrected chi connectivity index (χ0v) is 10.2. The smallest absolute Gasteiger partial charge is 0.239 e. The molecule has 0 spiro atoms. The van der Waals surface area contributed by atoms with Crippen LogP contribution in [-0.4, -0.2) is 22.5 Å². The van der Waals surface area contributed by atoms with Crippen LogP contribution in [-0.2, 0) is 11.3 Å². The van der Waals surface area contributed by atoms with E-state index < -0.39 is 0 Å². The summed E-state index contributed by atoms with van der Waals surface area (Å²) in [4.78, 5) is 14.3. The fourth-order valence-corrected chi connectivity index (χ4v) is 1.96. The van der Waals surface area contributed by atoms with E-state index in [1.165, 1.54) is 0 Å². The van der Waals surface area contributed by atoms with Gasteiger partial charge in [-0.2, -0.15) is 0 Å². The second-order valence-electron chi connectivity index (χ2n) is 3.35. The molecular weight excluding hydrogens is 246 g/mol. The van der Waals surface area contributed by atoms with Gasteiger partial charge in [-0.3, -0.25) is 4.79 Å². The van der Waals surface area contributed by atoms with E-state index in [2.05, 4.69) is 10.3 Å². The zero-order valence-electron chi connectivity index (χ0n) is 8.58. The topological polar surface area (TPSA) is 49.8 Å². The molecule has 16 heavy (non-hydrogen) atoms. The Bertz CT molecular complexity index is 602. The zero-order chi connectivity index (χ0) is 11.7. The van der Waals surface area contributed by atoms with E-state index in [0.29, 0.717) is 9.79 Å². The number of nitrogens with zero attached hydrogens (tertiary/aromatic N) is 1. The fourth-order valence-electron chi connectivity index (χ4n) is 1.52. The van der Waals surface area contributed by atoms with Crippen LogP contribution in [0.25, 0.3) is 11.0 Å². The second-order valence-corrected chi connectivity index (χ2v) is 4.17. The molecule has 0 fully saturated rings. The minimum Gasteiger partial charge on any atom is -0.358 e. The molecule has 0 atom stereocenters. The Labute approximate surface area is 102 Å². The summed E-state index contributed by atoms with van der Waals surface area (Å²) in [6.45, 7) is 0.205. The van der Waals surface area contributed by atoms with Crippen molar-refractivity contribution in [2.24, 2.45) is 0 Å². The average Bonchev–Trinajstić information content (AvgIpc) is 2.54. The van der Waals surface area contributed by atoms with Crippen LogP contribution in [0.3, 0.4) is 0 Å². The van der Waals surface area contributed by atoms with Crippen molar-refractivity contribution in [2.45, 2.75) is 6.54 Å². The molecule has 0 saturated heterocycles. The highest BCUT2D eigenvalue weighted by Gasteiger charge is 2.07. The first-order chi connectivity index (χ1) is 7.61. The fraction of sp³-hybridized carbons (Fsp3) is 0.200. The van der Waals surface area contributed by atoms with E-state index in [9.17, 15) is 4.79 Å². The summed E-state index contributed by atoms with van der Waals surface area (Å²) in [5, 5.41) is 3.20. The Morgan fingerprint density at radius 1 is 1.62 bits per heavy atom. The first-order valence-electron chi connectivity index (χ1n) is 4.70. The lowest BCUT2D eigenvalue weighted by Gasteiger charge is -2.02. The first kappa shape index (κ1) is 11.2. The van der Waals surface area contributed by atoms with E-state index in [4.69, 9.17) is 23.8 Å². The third-order valence-corrected chi connectivity index (χ3v) is 2.87. The van der Waals surface area contributed by atoms with Crippen LogP contribution in [0.4, 0.5) is 0 Å². The standard InChI is InChI=1S/C10H10ClN3OS/c1-12-9(15)5-14-8-3-2-6(11)4-7(8)13-10(14)16/h2-4H,5H2,1H3,(H,12,15)(H,13,16). The molecule has 2 aromatic rings. The number of likely N-dealkylation sites (N-methyl/N-ethyl adjacent to an activating group) is 1. The van der Waals surface area contributed by atoms with Crippen LogP contribution < -0.4 is 5.32 Å². The molecule has 6 heteroatoms. The Morgan fingerprint density at radius 3 is 3.06 bits per heavy atom. The van der Waals surface area contributed by atoms with Crippen molar-refractivity contribution >= 4 is 40.8 Å². The predicted octanol–water partition coefficient (Wildman–Crippen LogP) is 2.10. The van der Waals surface area contributed by atoms with Gasteiger partial charge in [0, 0.05) is 12.1 Å². The van der Waals surface area contributed by atoms with Gasteiger partial charge in [0.2, 0.25) is 5.91 Å². The van der Waals surface area contributed by atoms with Gasteiger partial charge < -0.3 is 14.9 Å². The van der Waals surface area contributed by atoms with Gasteiger partial charge in [0.25, 0.3) is 0 Å². The van der Waals surface area contributed by atoms with Crippen LogP contribution in [0, 0.1) is 4.77 Å². The summed E-state index contributed by atoms with van der Waals surface area (Å²) in [5.74, 6) is -0.0908. The van der Waals surface area contributed by atoms with Crippen LogP contribution in [0.5, 0.6) is 0 Å². The highest BCUT2D eigenvalue weighted by atomic mass is 35.5. The summed E-state index contributed by atoms with van der Waals surface area (Å²) >= 11 is 11.0. The van der Waals surface area contributed by atoms with Crippen molar-refractivity contribution in [1.82, 2.24) is 14.9 Å². The number of carbonyl (C=O) groups is 1. The number of rotatable bonds is 2. The number of benzene rings is 1. The van der Waals surface area contributed by atoms with Crippen molar-refractivity contribution < 1.29 is 4.79 Å². The molecule has 0 saturated carbocycles. The van der Waals surface area contributed by atoms with Gasteiger partial charge in [-0.05, 0) is 30.4 Å². The van der Waals surface area contributed by atoms with Crippen molar-refractivity contribution in [1.29, 1.82) is 0 Å². The van der Waals surface area contributed by atoms with Crippen molar-refractivity contribution in [3.8, 4) is 0 Å². The number of imidazole rings is 1. The predicted molar refractivity (Wildman–Crippen MR) is 66.2 cm³/mol. The number of aromatic nitrogens is 2. The first-order valence-corrected chi connectivity index (χ1v) is 5.49. The Hall–Kier alpha value is -1.33. The maximum Gasteiger partial charge on any atom is 0.239 e. The average molecular weight is 256 g/mol. The summed E-state index contributed by atoms with van der Waals surface area (Å²) in [6, 6.07) is 5.40. The lowest BCUT2D eigenvalue weighted by Crippen LogP contribution is -2.23. The van der Waals surface area contributed by atoms with Crippen LogP contribution in [0.15, 0.2) is 18.2 Å². The lowest BCUT2D eigenvalue weighted by atomic mass is 10.3. The summed E-state index contributed by atoms with van der Waals surface area (Å²) < 4.78 is 2.25. The molecule has 0 bridgehead atoms. The molecule has 0 aliphatic carbocycles. The molecule has 0 aliphatic heterocycles.